The van der Waals surface area contributed by atoms with E-state index in [1.54, 1.807) is 13.2 Å². The lowest BCUT2D eigenvalue weighted by Crippen LogP contribution is -2.48. The van der Waals surface area contributed by atoms with Gasteiger partial charge in [-0.3, -0.25) is 9.69 Å². The summed E-state index contributed by atoms with van der Waals surface area (Å²) in [5.41, 5.74) is 3.19. The normalized spacial score (nSPS) is 18.7. The fourth-order valence-electron chi connectivity index (χ4n) is 3.41. The average molecular weight is 350 g/mol. The standard InChI is InChI=1S/C22H26N2O2/c1-17(18-9-5-4-6-10-18)15-22(25)24-14-13-23(2)20(16-24)19-11-7-8-12-21(19)26-3/h4-12,15,20H,13-14,16H2,1-3H3/b17-15+. The number of likely N-dealkylation sites (N-methyl/N-ethyl adjacent to an activating group) is 1. The molecule has 1 amide bonds. The first-order valence-corrected chi connectivity index (χ1v) is 8.96. The Bertz CT molecular complexity index is 786. The molecule has 0 radical (unpaired) electrons. The Kier molecular flexibility index (Phi) is 5.74. The van der Waals surface area contributed by atoms with Crippen molar-refractivity contribution in [1.82, 2.24) is 9.80 Å². The molecular formula is C22H26N2O2. The van der Waals surface area contributed by atoms with Gasteiger partial charge in [-0.25, -0.2) is 0 Å². The Morgan fingerprint density at radius 3 is 2.50 bits per heavy atom. The quantitative estimate of drug-likeness (QED) is 0.790. The van der Waals surface area contributed by atoms with Crippen LogP contribution in [-0.2, 0) is 4.79 Å². The van der Waals surface area contributed by atoms with Crippen molar-refractivity contribution in [3.63, 3.8) is 0 Å². The van der Waals surface area contributed by atoms with Crippen molar-refractivity contribution in [1.29, 1.82) is 0 Å². The van der Waals surface area contributed by atoms with E-state index in [0.29, 0.717) is 6.54 Å². The molecule has 0 aromatic heterocycles. The summed E-state index contributed by atoms with van der Waals surface area (Å²) in [4.78, 5) is 17.0. The van der Waals surface area contributed by atoms with Crippen molar-refractivity contribution in [2.24, 2.45) is 0 Å². The molecule has 136 valence electrons. The summed E-state index contributed by atoms with van der Waals surface area (Å²) in [6.45, 7) is 4.22. The highest BCUT2D eigenvalue weighted by Gasteiger charge is 2.29. The number of benzene rings is 2. The molecule has 1 aliphatic heterocycles. The van der Waals surface area contributed by atoms with Crippen molar-refractivity contribution in [3.05, 3.63) is 71.8 Å². The van der Waals surface area contributed by atoms with Crippen LogP contribution in [0.4, 0.5) is 0 Å². The predicted octanol–water partition coefficient (Wildman–Crippen LogP) is 3.61. The van der Waals surface area contributed by atoms with Gasteiger partial charge in [-0.1, -0.05) is 48.5 Å². The summed E-state index contributed by atoms with van der Waals surface area (Å²) >= 11 is 0. The van der Waals surface area contributed by atoms with Crippen LogP contribution >= 0.6 is 0 Å². The van der Waals surface area contributed by atoms with Crippen LogP contribution < -0.4 is 4.74 Å². The number of amides is 1. The summed E-state index contributed by atoms with van der Waals surface area (Å²) < 4.78 is 5.52. The minimum Gasteiger partial charge on any atom is -0.496 e. The van der Waals surface area contributed by atoms with E-state index in [-0.39, 0.29) is 11.9 Å². The van der Waals surface area contributed by atoms with Crippen molar-refractivity contribution in [2.45, 2.75) is 13.0 Å². The van der Waals surface area contributed by atoms with Crippen molar-refractivity contribution in [3.8, 4) is 5.75 Å². The molecule has 4 heteroatoms. The molecule has 0 spiro atoms. The highest BCUT2D eigenvalue weighted by molar-refractivity contribution is 5.95. The van der Waals surface area contributed by atoms with Crippen LogP contribution in [0.5, 0.6) is 5.75 Å². The second-order valence-corrected chi connectivity index (χ2v) is 6.72. The molecule has 0 N–H and O–H groups in total. The third-order valence-electron chi connectivity index (χ3n) is 5.03. The summed E-state index contributed by atoms with van der Waals surface area (Å²) in [5.74, 6) is 0.939. The lowest BCUT2D eigenvalue weighted by Gasteiger charge is -2.39. The topological polar surface area (TPSA) is 32.8 Å². The molecule has 2 aromatic rings. The Labute approximate surface area is 155 Å². The summed E-state index contributed by atoms with van der Waals surface area (Å²) in [6.07, 6.45) is 1.75. The number of methoxy groups -OCH3 is 1. The monoisotopic (exact) mass is 350 g/mol. The van der Waals surface area contributed by atoms with Gasteiger partial charge in [0.05, 0.1) is 13.2 Å². The molecule has 4 nitrogen and oxygen atoms in total. The fourth-order valence-corrected chi connectivity index (χ4v) is 3.41. The van der Waals surface area contributed by atoms with Gasteiger partial charge >= 0.3 is 0 Å². The van der Waals surface area contributed by atoms with Gasteiger partial charge in [0.25, 0.3) is 0 Å². The van der Waals surface area contributed by atoms with Crippen LogP contribution in [0.1, 0.15) is 24.1 Å². The first kappa shape index (κ1) is 18.2. The maximum Gasteiger partial charge on any atom is 0.246 e. The molecule has 3 rings (SSSR count). The molecule has 0 saturated carbocycles. The maximum atomic E-state index is 12.8. The van der Waals surface area contributed by atoms with Crippen molar-refractivity contribution in [2.75, 3.05) is 33.8 Å². The lowest BCUT2D eigenvalue weighted by atomic mass is 10.0. The van der Waals surface area contributed by atoms with Crippen molar-refractivity contribution >= 4 is 11.5 Å². The Morgan fingerprint density at radius 2 is 1.77 bits per heavy atom. The van der Waals surface area contributed by atoms with Gasteiger partial charge in [0, 0.05) is 31.3 Å². The van der Waals surface area contributed by atoms with Crippen LogP contribution in [0.25, 0.3) is 5.57 Å². The predicted molar refractivity (Wildman–Crippen MR) is 105 cm³/mol. The van der Waals surface area contributed by atoms with E-state index >= 15 is 0 Å². The largest absolute Gasteiger partial charge is 0.496 e. The van der Waals surface area contributed by atoms with Gasteiger partial charge in [0.15, 0.2) is 0 Å². The van der Waals surface area contributed by atoms with Crippen LogP contribution in [0.3, 0.4) is 0 Å². The molecule has 0 aliphatic carbocycles. The number of piperazine rings is 1. The molecule has 1 heterocycles. The first-order chi connectivity index (χ1) is 12.6. The van der Waals surface area contributed by atoms with E-state index in [4.69, 9.17) is 4.74 Å². The van der Waals surface area contributed by atoms with E-state index in [1.165, 1.54) is 0 Å². The molecule has 1 aliphatic rings. The number of hydrogen-bond donors (Lipinski definition) is 0. The number of para-hydroxylation sites is 1. The minimum atomic E-state index is 0.0688. The van der Waals surface area contributed by atoms with Gasteiger partial charge < -0.3 is 9.64 Å². The van der Waals surface area contributed by atoms with Crippen LogP contribution in [0.2, 0.25) is 0 Å². The minimum absolute atomic E-state index is 0.0688. The Balaban J connectivity index is 1.78. The Hall–Kier alpha value is -2.59. The number of nitrogens with zero attached hydrogens (tertiary/aromatic N) is 2. The highest BCUT2D eigenvalue weighted by atomic mass is 16.5. The molecule has 2 aromatic carbocycles. The highest BCUT2D eigenvalue weighted by Crippen LogP contribution is 2.31. The zero-order chi connectivity index (χ0) is 18.5. The smallest absolute Gasteiger partial charge is 0.246 e. The summed E-state index contributed by atoms with van der Waals surface area (Å²) in [5, 5.41) is 0. The van der Waals surface area contributed by atoms with Gasteiger partial charge in [-0.15, -0.1) is 0 Å². The zero-order valence-corrected chi connectivity index (χ0v) is 15.7. The molecule has 1 fully saturated rings. The van der Waals surface area contributed by atoms with E-state index in [1.807, 2.05) is 60.4 Å². The zero-order valence-electron chi connectivity index (χ0n) is 15.7. The maximum absolute atomic E-state index is 12.8. The van der Waals surface area contributed by atoms with Crippen LogP contribution in [-0.4, -0.2) is 49.5 Å². The molecule has 1 atom stereocenters. The number of carbonyl (C=O) groups excluding carboxylic acids is 1. The Morgan fingerprint density at radius 1 is 1.08 bits per heavy atom. The second-order valence-electron chi connectivity index (χ2n) is 6.72. The van der Waals surface area contributed by atoms with E-state index in [0.717, 1.165) is 35.5 Å². The second kappa shape index (κ2) is 8.19. The molecule has 1 saturated heterocycles. The molecule has 1 unspecified atom stereocenters. The third kappa shape index (κ3) is 3.97. The van der Waals surface area contributed by atoms with Crippen LogP contribution in [0.15, 0.2) is 60.7 Å². The van der Waals surface area contributed by atoms with Gasteiger partial charge in [-0.2, -0.15) is 0 Å². The van der Waals surface area contributed by atoms with E-state index < -0.39 is 0 Å². The van der Waals surface area contributed by atoms with E-state index in [9.17, 15) is 4.79 Å². The van der Waals surface area contributed by atoms with E-state index in [2.05, 4.69) is 18.0 Å². The molecule has 0 bridgehead atoms. The fraction of sp³-hybridized carbons (Fsp3) is 0.318. The number of rotatable bonds is 4. The summed E-state index contributed by atoms with van der Waals surface area (Å²) in [6, 6.07) is 18.2. The summed E-state index contributed by atoms with van der Waals surface area (Å²) in [7, 11) is 3.79. The van der Waals surface area contributed by atoms with Gasteiger partial charge in [0.1, 0.15) is 5.75 Å². The van der Waals surface area contributed by atoms with Crippen molar-refractivity contribution < 1.29 is 9.53 Å². The number of hydrogen-bond acceptors (Lipinski definition) is 3. The number of allylic oxidation sites excluding steroid dienone is 1. The SMILES string of the molecule is COc1ccccc1C1CN(C(=O)/C=C(\C)c2ccccc2)CCN1C. The van der Waals surface area contributed by atoms with Gasteiger partial charge in [-0.05, 0) is 31.2 Å². The molecule has 26 heavy (non-hydrogen) atoms. The van der Waals surface area contributed by atoms with Gasteiger partial charge in [0.2, 0.25) is 5.91 Å². The number of carbonyl (C=O) groups is 1. The molecular weight excluding hydrogens is 324 g/mol. The third-order valence-corrected chi connectivity index (χ3v) is 5.03. The average Bonchev–Trinajstić information content (AvgIpc) is 2.69. The first-order valence-electron chi connectivity index (χ1n) is 8.96. The van der Waals surface area contributed by atoms with Crippen LogP contribution in [0, 0.1) is 0 Å². The lowest BCUT2D eigenvalue weighted by molar-refractivity contribution is -0.128. The number of ether oxygens (including phenoxy) is 1.